The minimum atomic E-state index is -0.149. The largest absolute Gasteiger partial charge is 0.331 e. The molecule has 0 bridgehead atoms. The fourth-order valence-electron chi connectivity index (χ4n) is 4.41. The molecule has 3 aromatic carbocycles. The summed E-state index contributed by atoms with van der Waals surface area (Å²) in [5, 5.41) is 0. The zero-order valence-electron chi connectivity index (χ0n) is 16.3. The van der Waals surface area contributed by atoms with Gasteiger partial charge in [0.05, 0.1) is 5.54 Å². The van der Waals surface area contributed by atoms with Crippen molar-refractivity contribution in [3.05, 3.63) is 96.6 Å². The molecule has 0 amide bonds. The van der Waals surface area contributed by atoms with Crippen molar-refractivity contribution < 1.29 is 0 Å². The number of hydrogen-bond acceptors (Lipinski definition) is 1. The van der Waals surface area contributed by atoms with Crippen LogP contribution in [0.2, 0.25) is 0 Å². The molecule has 3 aromatic rings. The second-order valence-corrected chi connectivity index (χ2v) is 7.51. The van der Waals surface area contributed by atoms with Crippen molar-refractivity contribution in [1.29, 1.82) is 0 Å². The smallest absolute Gasteiger partial charge is 0.0748 e. The number of benzene rings is 3. The lowest BCUT2D eigenvalue weighted by Gasteiger charge is -2.52. The molecular formula is C25H29N. The molecule has 0 N–H and O–H groups in total. The first-order valence-electron chi connectivity index (χ1n) is 9.54. The summed E-state index contributed by atoms with van der Waals surface area (Å²) < 4.78 is 0. The second kappa shape index (κ2) is 7.78. The maximum absolute atomic E-state index is 2.54. The van der Waals surface area contributed by atoms with E-state index in [4.69, 9.17) is 0 Å². The van der Waals surface area contributed by atoms with Gasteiger partial charge in [0.2, 0.25) is 0 Å². The van der Waals surface area contributed by atoms with Gasteiger partial charge in [-0.05, 0) is 41.7 Å². The third-order valence-corrected chi connectivity index (χ3v) is 5.40. The SMILES string of the molecule is CC(C)C(c1ccccc1)(C(C)C)N(c1ccccc1)c1ccccc1. The molecular weight excluding hydrogens is 314 g/mol. The van der Waals surface area contributed by atoms with Crippen LogP contribution in [-0.4, -0.2) is 0 Å². The maximum Gasteiger partial charge on any atom is 0.0748 e. The lowest BCUT2D eigenvalue weighted by molar-refractivity contribution is 0.224. The topological polar surface area (TPSA) is 3.24 Å². The van der Waals surface area contributed by atoms with Crippen LogP contribution in [0.4, 0.5) is 11.4 Å². The van der Waals surface area contributed by atoms with Crippen LogP contribution >= 0.6 is 0 Å². The van der Waals surface area contributed by atoms with Gasteiger partial charge in [-0.1, -0.05) is 94.4 Å². The van der Waals surface area contributed by atoms with Crippen molar-refractivity contribution in [2.75, 3.05) is 4.90 Å². The molecule has 1 nitrogen and oxygen atoms in total. The Kier molecular flexibility index (Phi) is 5.46. The Morgan fingerprint density at radius 3 is 1.23 bits per heavy atom. The lowest BCUT2D eigenvalue weighted by atomic mass is 9.70. The van der Waals surface area contributed by atoms with Gasteiger partial charge < -0.3 is 4.90 Å². The Morgan fingerprint density at radius 2 is 0.885 bits per heavy atom. The highest BCUT2D eigenvalue weighted by Crippen LogP contribution is 2.48. The molecule has 0 aromatic heterocycles. The molecule has 26 heavy (non-hydrogen) atoms. The fraction of sp³-hybridized carbons (Fsp3) is 0.280. The predicted molar refractivity (Wildman–Crippen MR) is 113 cm³/mol. The van der Waals surface area contributed by atoms with Crippen LogP contribution in [0.1, 0.15) is 33.3 Å². The summed E-state index contributed by atoms with van der Waals surface area (Å²) in [6, 6.07) is 32.5. The van der Waals surface area contributed by atoms with Crippen molar-refractivity contribution in [2.45, 2.75) is 33.2 Å². The molecule has 0 aliphatic carbocycles. The van der Waals surface area contributed by atoms with Gasteiger partial charge in [-0.25, -0.2) is 0 Å². The zero-order valence-corrected chi connectivity index (χ0v) is 16.3. The molecule has 0 heterocycles. The number of nitrogens with zero attached hydrogens (tertiary/aromatic N) is 1. The quantitative estimate of drug-likeness (QED) is 0.464. The number of hydrogen-bond donors (Lipinski definition) is 0. The maximum atomic E-state index is 2.54. The van der Waals surface area contributed by atoms with Crippen LogP contribution in [0.25, 0.3) is 0 Å². The van der Waals surface area contributed by atoms with E-state index in [0.29, 0.717) is 11.8 Å². The van der Waals surface area contributed by atoms with E-state index < -0.39 is 0 Å². The normalized spacial score (nSPS) is 11.8. The molecule has 3 rings (SSSR count). The Balaban J connectivity index is 2.33. The van der Waals surface area contributed by atoms with Crippen LogP contribution in [-0.2, 0) is 5.54 Å². The highest BCUT2D eigenvalue weighted by molar-refractivity contribution is 5.67. The van der Waals surface area contributed by atoms with Gasteiger partial charge in [-0.15, -0.1) is 0 Å². The monoisotopic (exact) mass is 343 g/mol. The van der Waals surface area contributed by atoms with Gasteiger partial charge in [0.1, 0.15) is 0 Å². The van der Waals surface area contributed by atoms with E-state index in [2.05, 4.69) is 124 Å². The Morgan fingerprint density at radius 1 is 0.538 bits per heavy atom. The Bertz CT molecular complexity index is 744. The van der Waals surface area contributed by atoms with Gasteiger partial charge in [0.25, 0.3) is 0 Å². The fourth-order valence-corrected chi connectivity index (χ4v) is 4.41. The van der Waals surface area contributed by atoms with Crippen LogP contribution < -0.4 is 4.90 Å². The van der Waals surface area contributed by atoms with E-state index in [-0.39, 0.29) is 5.54 Å². The standard InChI is InChI=1S/C25H29N/c1-20(2)25(21(3)4,22-14-8-5-9-15-22)26(23-16-10-6-11-17-23)24-18-12-7-13-19-24/h5-21H,1-4H3. The molecule has 0 saturated heterocycles. The summed E-state index contributed by atoms with van der Waals surface area (Å²) in [4.78, 5) is 2.54. The minimum Gasteiger partial charge on any atom is -0.331 e. The average Bonchev–Trinajstić information content (AvgIpc) is 2.67. The van der Waals surface area contributed by atoms with Gasteiger partial charge >= 0.3 is 0 Å². The van der Waals surface area contributed by atoms with E-state index in [0.717, 1.165) is 0 Å². The van der Waals surface area contributed by atoms with Crippen LogP contribution in [0.3, 0.4) is 0 Å². The third kappa shape index (κ3) is 3.14. The van der Waals surface area contributed by atoms with Crippen LogP contribution in [0.15, 0.2) is 91.0 Å². The van der Waals surface area contributed by atoms with Crippen LogP contribution in [0.5, 0.6) is 0 Å². The van der Waals surface area contributed by atoms with Crippen molar-refractivity contribution in [1.82, 2.24) is 0 Å². The highest BCUT2D eigenvalue weighted by Gasteiger charge is 2.45. The van der Waals surface area contributed by atoms with Crippen LogP contribution in [0, 0.1) is 11.8 Å². The molecule has 0 unspecified atom stereocenters. The van der Waals surface area contributed by atoms with Gasteiger partial charge in [-0.3, -0.25) is 0 Å². The summed E-state index contributed by atoms with van der Waals surface area (Å²) in [5.74, 6) is 0.843. The van der Waals surface area contributed by atoms with E-state index in [1.54, 1.807) is 0 Å². The van der Waals surface area contributed by atoms with E-state index >= 15 is 0 Å². The first kappa shape index (κ1) is 18.3. The minimum absolute atomic E-state index is 0.149. The summed E-state index contributed by atoms with van der Waals surface area (Å²) >= 11 is 0. The third-order valence-electron chi connectivity index (χ3n) is 5.40. The number of anilines is 2. The second-order valence-electron chi connectivity index (χ2n) is 7.51. The average molecular weight is 344 g/mol. The van der Waals surface area contributed by atoms with E-state index in [1.165, 1.54) is 16.9 Å². The molecule has 0 aliphatic heterocycles. The highest BCUT2D eigenvalue weighted by atomic mass is 15.2. The number of para-hydroxylation sites is 2. The molecule has 0 spiro atoms. The van der Waals surface area contributed by atoms with Gasteiger partial charge in [0, 0.05) is 11.4 Å². The predicted octanol–water partition coefficient (Wildman–Crippen LogP) is 7.03. The zero-order chi connectivity index (χ0) is 18.6. The molecule has 0 saturated carbocycles. The Labute approximate surface area is 158 Å². The summed E-state index contributed by atoms with van der Waals surface area (Å²) in [5.41, 5.74) is 3.66. The molecule has 134 valence electrons. The molecule has 0 aliphatic rings. The first-order valence-corrected chi connectivity index (χ1v) is 9.54. The summed E-state index contributed by atoms with van der Waals surface area (Å²) in [6.45, 7) is 9.36. The Hall–Kier alpha value is -2.54. The van der Waals surface area contributed by atoms with Gasteiger partial charge in [0.15, 0.2) is 0 Å². The van der Waals surface area contributed by atoms with Crippen molar-refractivity contribution in [3.8, 4) is 0 Å². The lowest BCUT2D eigenvalue weighted by Crippen LogP contribution is -2.51. The first-order chi connectivity index (χ1) is 12.6. The molecule has 0 atom stereocenters. The molecule has 1 heteroatoms. The van der Waals surface area contributed by atoms with Crippen molar-refractivity contribution >= 4 is 11.4 Å². The number of rotatable bonds is 6. The summed E-state index contributed by atoms with van der Waals surface area (Å²) in [7, 11) is 0. The van der Waals surface area contributed by atoms with E-state index in [9.17, 15) is 0 Å². The van der Waals surface area contributed by atoms with Crippen molar-refractivity contribution in [3.63, 3.8) is 0 Å². The summed E-state index contributed by atoms with van der Waals surface area (Å²) in [6.07, 6.45) is 0. The van der Waals surface area contributed by atoms with Crippen molar-refractivity contribution in [2.24, 2.45) is 11.8 Å². The van der Waals surface area contributed by atoms with E-state index in [1.807, 2.05) is 0 Å². The van der Waals surface area contributed by atoms with Gasteiger partial charge in [-0.2, -0.15) is 0 Å². The molecule has 0 radical (unpaired) electrons. The molecule has 0 fully saturated rings.